The van der Waals surface area contributed by atoms with Crippen LogP contribution >= 0.6 is 11.8 Å². The van der Waals surface area contributed by atoms with Crippen molar-refractivity contribution in [1.29, 1.82) is 0 Å². The Morgan fingerprint density at radius 2 is 2.40 bits per heavy atom. The quantitative estimate of drug-likeness (QED) is 0.800. The third kappa shape index (κ3) is 3.09. The van der Waals surface area contributed by atoms with E-state index in [-0.39, 0.29) is 11.9 Å². The Hall–Kier alpha value is 0.230. The van der Waals surface area contributed by atoms with Crippen LogP contribution in [0, 0.1) is 0 Å². The SMILES string of the molecule is CC1(CC2CCCS2)OCC(CCN)O1. The predicted octanol–water partition coefficient (Wildman–Crippen LogP) is 1.75. The van der Waals surface area contributed by atoms with Crippen LogP contribution < -0.4 is 5.73 Å². The maximum absolute atomic E-state index is 5.94. The normalized spacial score (nSPS) is 41.2. The smallest absolute Gasteiger partial charge is 0.167 e. The first kappa shape index (κ1) is 11.7. The number of ether oxygens (including phenoxy) is 2. The fourth-order valence-electron chi connectivity index (χ4n) is 2.34. The van der Waals surface area contributed by atoms with Crippen LogP contribution in [0.4, 0.5) is 0 Å². The molecule has 0 amide bonds. The zero-order valence-corrected chi connectivity index (χ0v) is 10.2. The van der Waals surface area contributed by atoms with Crippen molar-refractivity contribution < 1.29 is 9.47 Å². The van der Waals surface area contributed by atoms with Gasteiger partial charge in [-0.2, -0.15) is 11.8 Å². The second kappa shape index (κ2) is 5.04. The summed E-state index contributed by atoms with van der Waals surface area (Å²) in [7, 11) is 0. The second-order valence-corrected chi connectivity index (χ2v) is 6.01. The molecular weight excluding hydrogens is 210 g/mol. The summed E-state index contributed by atoms with van der Waals surface area (Å²) in [6, 6.07) is 0. The van der Waals surface area contributed by atoms with Crippen LogP contribution in [-0.4, -0.2) is 36.0 Å². The molecule has 0 aliphatic carbocycles. The molecule has 0 aromatic heterocycles. The van der Waals surface area contributed by atoms with Crippen molar-refractivity contribution in [2.45, 2.75) is 49.7 Å². The molecule has 3 atom stereocenters. The Morgan fingerprint density at radius 1 is 1.53 bits per heavy atom. The van der Waals surface area contributed by atoms with Gasteiger partial charge in [-0.1, -0.05) is 0 Å². The van der Waals surface area contributed by atoms with Crippen molar-refractivity contribution in [3.63, 3.8) is 0 Å². The molecule has 2 N–H and O–H groups in total. The van der Waals surface area contributed by atoms with Gasteiger partial charge in [0.1, 0.15) is 0 Å². The monoisotopic (exact) mass is 231 g/mol. The maximum Gasteiger partial charge on any atom is 0.167 e. The summed E-state index contributed by atoms with van der Waals surface area (Å²) in [6.07, 6.45) is 4.81. The highest BCUT2D eigenvalue weighted by atomic mass is 32.2. The van der Waals surface area contributed by atoms with Crippen LogP contribution in [0.25, 0.3) is 0 Å². The summed E-state index contributed by atoms with van der Waals surface area (Å²) in [5, 5.41) is 0.728. The van der Waals surface area contributed by atoms with Gasteiger partial charge in [0.05, 0.1) is 12.7 Å². The van der Waals surface area contributed by atoms with E-state index in [0.29, 0.717) is 13.2 Å². The minimum Gasteiger partial charge on any atom is -0.347 e. The predicted molar refractivity (Wildman–Crippen MR) is 63.0 cm³/mol. The summed E-state index contributed by atoms with van der Waals surface area (Å²) in [6.45, 7) is 3.47. The third-order valence-corrected chi connectivity index (χ3v) is 4.50. The summed E-state index contributed by atoms with van der Waals surface area (Å²) >= 11 is 2.06. The van der Waals surface area contributed by atoms with Crippen LogP contribution in [0.2, 0.25) is 0 Å². The Morgan fingerprint density at radius 3 is 3.07 bits per heavy atom. The molecule has 88 valence electrons. The molecule has 2 aliphatic rings. The van der Waals surface area contributed by atoms with Crippen LogP contribution in [0.3, 0.4) is 0 Å². The van der Waals surface area contributed by atoms with E-state index in [4.69, 9.17) is 15.2 Å². The molecule has 2 aliphatic heterocycles. The van der Waals surface area contributed by atoms with E-state index in [2.05, 4.69) is 18.7 Å². The highest BCUT2D eigenvalue weighted by Crippen LogP contribution is 2.37. The fraction of sp³-hybridized carbons (Fsp3) is 1.00. The van der Waals surface area contributed by atoms with Gasteiger partial charge in [-0.25, -0.2) is 0 Å². The van der Waals surface area contributed by atoms with Crippen molar-refractivity contribution in [2.24, 2.45) is 5.73 Å². The van der Waals surface area contributed by atoms with Gasteiger partial charge >= 0.3 is 0 Å². The molecular formula is C11H21NO2S. The Bertz CT molecular complexity index is 209. The van der Waals surface area contributed by atoms with Gasteiger partial charge in [-0.15, -0.1) is 0 Å². The topological polar surface area (TPSA) is 44.5 Å². The lowest BCUT2D eigenvalue weighted by Gasteiger charge is -2.26. The molecule has 4 heteroatoms. The van der Waals surface area contributed by atoms with E-state index in [9.17, 15) is 0 Å². The highest BCUT2D eigenvalue weighted by Gasteiger charge is 2.39. The number of hydrogen-bond donors (Lipinski definition) is 1. The molecule has 0 radical (unpaired) electrons. The molecule has 0 spiro atoms. The van der Waals surface area contributed by atoms with Gasteiger partial charge < -0.3 is 15.2 Å². The van der Waals surface area contributed by atoms with E-state index in [1.807, 2.05) is 0 Å². The van der Waals surface area contributed by atoms with Gasteiger partial charge in [0, 0.05) is 11.7 Å². The Labute approximate surface area is 96.1 Å². The van der Waals surface area contributed by atoms with Crippen LogP contribution in [0.1, 0.15) is 32.6 Å². The molecule has 2 fully saturated rings. The fourth-order valence-corrected chi connectivity index (χ4v) is 3.76. The van der Waals surface area contributed by atoms with E-state index < -0.39 is 0 Å². The summed E-state index contributed by atoms with van der Waals surface area (Å²) in [4.78, 5) is 0. The molecule has 0 saturated carbocycles. The Kier molecular flexibility index (Phi) is 3.93. The number of nitrogens with two attached hydrogens (primary N) is 1. The highest BCUT2D eigenvalue weighted by molar-refractivity contribution is 8.00. The molecule has 15 heavy (non-hydrogen) atoms. The number of rotatable bonds is 4. The lowest BCUT2D eigenvalue weighted by atomic mass is 10.1. The molecule has 3 unspecified atom stereocenters. The summed E-state index contributed by atoms with van der Waals surface area (Å²) in [5.74, 6) is 0.953. The molecule has 0 aromatic rings. The minimum absolute atomic E-state index is 0.214. The van der Waals surface area contributed by atoms with Crippen molar-refractivity contribution in [3.05, 3.63) is 0 Å². The van der Waals surface area contributed by atoms with Crippen LogP contribution in [0.5, 0.6) is 0 Å². The zero-order valence-electron chi connectivity index (χ0n) is 9.41. The second-order valence-electron chi connectivity index (χ2n) is 4.60. The van der Waals surface area contributed by atoms with Crippen molar-refractivity contribution in [2.75, 3.05) is 18.9 Å². The largest absolute Gasteiger partial charge is 0.347 e. The molecule has 3 nitrogen and oxygen atoms in total. The van der Waals surface area contributed by atoms with Gasteiger partial charge in [0.2, 0.25) is 0 Å². The molecule has 2 saturated heterocycles. The summed E-state index contributed by atoms with van der Waals surface area (Å²) in [5.41, 5.74) is 5.52. The van der Waals surface area contributed by atoms with Crippen molar-refractivity contribution in [3.8, 4) is 0 Å². The maximum atomic E-state index is 5.94. The van der Waals surface area contributed by atoms with Crippen molar-refractivity contribution in [1.82, 2.24) is 0 Å². The van der Waals surface area contributed by atoms with E-state index in [1.165, 1.54) is 18.6 Å². The molecule has 2 rings (SSSR count). The first-order valence-corrected chi connectivity index (χ1v) is 6.90. The van der Waals surface area contributed by atoms with Crippen LogP contribution in [0.15, 0.2) is 0 Å². The summed E-state index contributed by atoms with van der Waals surface area (Å²) < 4.78 is 11.7. The lowest BCUT2D eigenvalue weighted by Crippen LogP contribution is -2.30. The number of thioether (sulfide) groups is 1. The van der Waals surface area contributed by atoms with E-state index >= 15 is 0 Å². The van der Waals surface area contributed by atoms with E-state index in [0.717, 1.165) is 18.1 Å². The molecule has 2 heterocycles. The average molecular weight is 231 g/mol. The van der Waals surface area contributed by atoms with Gasteiger partial charge in [0.25, 0.3) is 0 Å². The number of hydrogen-bond acceptors (Lipinski definition) is 4. The van der Waals surface area contributed by atoms with Gasteiger partial charge in [-0.05, 0) is 38.5 Å². The minimum atomic E-state index is -0.345. The first-order valence-electron chi connectivity index (χ1n) is 5.85. The zero-order chi connectivity index (χ0) is 10.7. The van der Waals surface area contributed by atoms with Gasteiger partial charge in [0.15, 0.2) is 5.79 Å². The lowest BCUT2D eigenvalue weighted by molar-refractivity contribution is -0.158. The standard InChI is InChI=1S/C11H21NO2S/c1-11(7-10-3-2-6-15-10)13-8-9(14-11)4-5-12/h9-10H,2-8,12H2,1H3. The molecule has 0 bridgehead atoms. The average Bonchev–Trinajstić information content (AvgIpc) is 2.78. The Balaban J connectivity index is 1.80. The first-order chi connectivity index (χ1) is 7.22. The third-order valence-electron chi connectivity index (χ3n) is 3.10. The van der Waals surface area contributed by atoms with Crippen LogP contribution in [-0.2, 0) is 9.47 Å². The van der Waals surface area contributed by atoms with Gasteiger partial charge in [-0.3, -0.25) is 0 Å². The van der Waals surface area contributed by atoms with Crippen molar-refractivity contribution >= 4 is 11.8 Å². The molecule has 0 aromatic carbocycles. The van der Waals surface area contributed by atoms with E-state index in [1.54, 1.807) is 0 Å².